The first-order valence-corrected chi connectivity index (χ1v) is 8.74. The van der Waals surface area contributed by atoms with Crippen LogP contribution in [0.2, 0.25) is 0 Å². The summed E-state index contributed by atoms with van der Waals surface area (Å²) in [5.41, 5.74) is 2.63. The first-order chi connectivity index (χ1) is 13.1. The number of rotatable bonds is 6. The molecule has 1 amide bonds. The molecule has 2 aromatic carbocycles. The highest BCUT2D eigenvalue weighted by Gasteiger charge is 2.20. The first kappa shape index (κ1) is 18.4. The van der Waals surface area contributed by atoms with E-state index in [0.29, 0.717) is 17.8 Å². The Morgan fingerprint density at radius 2 is 1.67 bits per heavy atom. The number of benzene rings is 2. The van der Waals surface area contributed by atoms with Gasteiger partial charge in [0, 0.05) is 12.2 Å². The van der Waals surface area contributed by atoms with Crippen molar-refractivity contribution in [3.8, 4) is 5.69 Å². The standard InChI is InChI=1S/C21H21N3O3/c1-3-23(17-10-6-4-7-11-17)20(25)15-27-21(26)19-14-22-24(16(19)2)18-12-8-5-9-13-18/h4-14H,3,15H2,1-2H3. The molecular weight excluding hydrogens is 342 g/mol. The molecule has 0 aliphatic carbocycles. The van der Waals surface area contributed by atoms with Crippen molar-refractivity contribution in [2.45, 2.75) is 13.8 Å². The number of ether oxygens (including phenoxy) is 1. The van der Waals surface area contributed by atoms with Crippen molar-refractivity contribution < 1.29 is 14.3 Å². The molecule has 0 radical (unpaired) electrons. The van der Waals surface area contributed by atoms with Crippen LogP contribution in [0.1, 0.15) is 23.0 Å². The summed E-state index contributed by atoms with van der Waals surface area (Å²) in [7, 11) is 0. The fourth-order valence-electron chi connectivity index (χ4n) is 2.83. The van der Waals surface area contributed by atoms with E-state index in [-0.39, 0.29) is 12.5 Å². The molecule has 0 saturated carbocycles. The number of nitrogens with zero attached hydrogens (tertiary/aromatic N) is 3. The Bertz CT molecular complexity index is 920. The molecule has 0 bridgehead atoms. The lowest BCUT2D eigenvalue weighted by Gasteiger charge is -2.20. The third-order valence-electron chi connectivity index (χ3n) is 4.24. The first-order valence-electron chi connectivity index (χ1n) is 8.74. The number of carbonyl (C=O) groups excluding carboxylic acids is 2. The molecule has 0 aliphatic heterocycles. The lowest BCUT2D eigenvalue weighted by molar-refractivity contribution is -0.121. The Morgan fingerprint density at radius 3 is 2.30 bits per heavy atom. The molecule has 1 heterocycles. The average molecular weight is 363 g/mol. The zero-order chi connectivity index (χ0) is 19.2. The summed E-state index contributed by atoms with van der Waals surface area (Å²) >= 11 is 0. The SMILES string of the molecule is CCN(C(=O)COC(=O)c1cnn(-c2ccccc2)c1C)c1ccccc1. The summed E-state index contributed by atoms with van der Waals surface area (Å²) in [5.74, 6) is -0.836. The zero-order valence-corrected chi connectivity index (χ0v) is 15.3. The van der Waals surface area contributed by atoms with E-state index in [1.807, 2.05) is 67.6 Å². The van der Waals surface area contributed by atoms with Crippen molar-refractivity contribution in [1.29, 1.82) is 0 Å². The molecule has 0 saturated heterocycles. The molecule has 1 aromatic heterocycles. The molecule has 0 spiro atoms. The van der Waals surface area contributed by atoms with E-state index in [9.17, 15) is 9.59 Å². The van der Waals surface area contributed by atoms with Gasteiger partial charge in [-0.2, -0.15) is 5.10 Å². The number of hydrogen-bond donors (Lipinski definition) is 0. The van der Waals surface area contributed by atoms with E-state index in [0.717, 1.165) is 11.4 Å². The number of hydrogen-bond acceptors (Lipinski definition) is 4. The van der Waals surface area contributed by atoms with Crippen LogP contribution in [-0.4, -0.2) is 34.8 Å². The van der Waals surface area contributed by atoms with Crippen molar-refractivity contribution >= 4 is 17.6 Å². The van der Waals surface area contributed by atoms with E-state index >= 15 is 0 Å². The van der Waals surface area contributed by atoms with E-state index in [4.69, 9.17) is 4.74 Å². The molecule has 0 aliphatic rings. The molecule has 0 atom stereocenters. The Kier molecular flexibility index (Phi) is 5.66. The fraction of sp³-hybridized carbons (Fsp3) is 0.190. The maximum absolute atomic E-state index is 12.4. The summed E-state index contributed by atoms with van der Waals surface area (Å²) in [6.45, 7) is 3.84. The Hall–Kier alpha value is -3.41. The van der Waals surface area contributed by atoms with E-state index in [1.54, 1.807) is 16.5 Å². The largest absolute Gasteiger partial charge is 0.452 e. The highest BCUT2D eigenvalue weighted by atomic mass is 16.5. The minimum Gasteiger partial charge on any atom is -0.452 e. The summed E-state index contributed by atoms with van der Waals surface area (Å²) in [6, 6.07) is 18.8. The van der Waals surface area contributed by atoms with Crippen LogP contribution in [0.4, 0.5) is 5.69 Å². The molecule has 6 nitrogen and oxygen atoms in total. The monoisotopic (exact) mass is 363 g/mol. The molecule has 0 N–H and O–H groups in total. The predicted molar refractivity (Wildman–Crippen MR) is 103 cm³/mol. The summed E-state index contributed by atoms with van der Waals surface area (Å²) in [6.07, 6.45) is 1.46. The number of likely N-dealkylation sites (N-methyl/N-ethyl adjacent to an activating group) is 1. The van der Waals surface area contributed by atoms with Gasteiger partial charge in [-0.15, -0.1) is 0 Å². The van der Waals surface area contributed by atoms with Gasteiger partial charge >= 0.3 is 5.97 Å². The van der Waals surface area contributed by atoms with Gasteiger partial charge in [0.25, 0.3) is 5.91 Å². The van der Waals surface area contributed by atoms with E-state index in [2.05, 4.69) is 5.10 Å². The Labute approximate surface area is 158 Å². The van der Waals surface area contributed by atoms with Crippen molar-refractivity contribution in [3.63, 3.8) is 0 Å². The van der Waals surface area contributed by atoms with Gasteiger partial charge in [0.05, 0.1) is 17.6 Å². The second-order valence-corrected chi connectivity index (χ2v) is 5.94. The van der Waals surface area contributed by atoms with E-state index < -0.39 is 5.97 Å². The lowest BCUT2D eigenvalue weighted by atomic mass is 10.2. The maximum Gasteiger partial charge on any atom is 0.342 e. The van der Waals surface area contributed by atoms with Gasteiger partial charge in [0.15, 0.2) is 6.61 Å². The molecule has 0 unspecified atom stereocenters. The Balaban J connectivity index is 1.68. The minimum atomic E-state index is -0.563. The number of para-hydroxylation sites is 2. The van der Waals surface area contributed by atoms with Crippen molar-refractivity contribution in [2.75, 3.05) is 18.1 Å². The molecule has 27 heavy (non-hydrogen) atoms. The summed E-state index contributed by atoms with van der Waals surface area (Å²) in [4.78, 5) is 26.4. The van der Waals surface area contributed by atoms with Gasteiger partial charge in [-0.05, 0) is 38.1 Å². The quantitative estimate of drug-likeness (QED) is 0.630. The third kappa shape index (κ3) is 4.06. The molecule has 3 rings (SSSR count). The average Bonchev–Trinajstić information content (AvgIpc) is 3.09. The van der Waals surface area contributed by atoms with Crippen LogP contribution < -0.4 is 4.90 Å². The van der Waals surface area contributed by atoms with Crippen molar-refractivity contribution in [2.24, 2.45) is 0 Å². The minimum absolute atomic E-state index is 0.273. The zero-order valence-electron chi connectivity index (χ0n) is 15.3. The van der Waals surface area contributed by atoms with Crippen LogP contribution >= 0.6 is 0 Å². The van der Waals surface area contributed by atoms with Gasteiger partial charge in [-0.25, -0.2) is 9.48 Å². The van der Waals surface area contributed by atoms with Crippen LogP contribution in [0.5, 0.6) is 0 Å². The van der Waals surface area contributed by atoms with E-state index in [1.165, 1.54) is 6.20 Å². The number of aromatic nitrogens is 2. The van der Waals surface area contributed by atoms with Crippen LogP contribution in [0, 0.1) is 6.92 Å². The maximum atomic E-state index is 12.4. The highest BCUT2D eigenvalue weighted by Crippen LogP contribution is 2.16. The second-order valence-electron chi connectivity index (χ2n) is 5.94. The number of esters is 1. The predicted octanol–water partition coefficient (Wildman–Crippen LogP) is 3.39. The molecule has 0 fully saturated rings. The topological polar surface area (TPSA) is 64.4 Å². The molecule has 138 valence electrons. The number of anilines is 1. The van der Waals surface area contributed by atoms with Gasteiger partial charge < -0.3 is 9.64 Å². The lowest BCUT2D eigenvalue weighted by Crippen LogP contribution is -2.34. The van der Waals surface area contributed by atoms with Crippen molar-refractivity contribution in [3.05, 3.63) is 78.1 Å². The van der Waals surface area contributed by atoms with Gasteiger partial charge in [-0.3, -0.25) is 4.79 Å². The third-order valence-corrected chi connectivity index (χ3v) is 4.24. The van der Waals surface area contributed by atoms with Crippen molar-refractivity contribution in [1.82, 2.24) is 9.78 Å². The summed E-state index contributed by atoms with van der Waals surface area (Å²) in [5, 5.41) is 4.25. The normalized spacial score (nSPS) is 10.4. The molecule has 6 heteroatoms. The van der Waals surface area contributed by atoms with Gasteiger partial charge in [0.1, 0.15) is 5.56 Å². The fourth-order valence-corrected chi connectivity index (χ4v) is 2.83. The number of amides is 1. The van der Waals surface area contributed by atoms with Crippen LogP contribution in [0.25, 0.3) is 5.69 Å². The molecular formula is C21H21N3O3. The smallest absolute Gasteiger partial charge is 0.342 e. The number of carbonyl (C=O) groups is 2. The Morgan fingerprint density at radius 1 is 1.04 bits per heavy atom. The molecule has 3 aromatic rings. The van der Waals surface area contributed by atoms with Crippen LogP contribution in [0.3, 0.4) is 0 Å². The summed E-state index contributed by atoms with van der Waals surface area (Å²) < 4.78 is 6.91. The van der Waals surface area contributed by atoms with Gasteiger partial charge in [0.2, 0.25) is 0 Å². The van der Waals surface area contributed by atoms with Gasteiger partial charge in [-0.1, -0.05) is 36.4 Å². The van der Waals surface area contributed by atoms with Crippen LogP contribution in [0.15, 0.2) is 66.9 Å². The highest BCUT2D eigenvalue weighted by molar-refractivity contribution is 5.97. The second kappa shape index (κ2) is 8.31. The van der Waals surface area contributed by atoms with Crippen LogP contribution in [-0.2, 0) is 9.53 Å².